The first kappa shape index (κ1) is 27.0. The Kier molecular flexibility index (Phi) is 12.2. The van der Waals surface area contributed by atoms with Gasteiger partial charge in [0.05, 0.1) is 20.8 Å². The van der Waals surface area contributed by atoms with E-state index in [-0.39, 0.29) is 24.0 Å². The summed E-state index contributed by atoms with van der Waals surface area (Å²) >= 11 is 0. The van der Waals surface area contributed by atoms with Crippen LogP contribution in [0, 0.1) is 0 Å². The molecule has 7 nitrogen and oxygen atoms in total. The second-order valence-corrected chi connectivity index (χ2v) is 7.85. The van der Waals surface area contributed by atoms with Crippen LogP contribution in [-0.4, -0.2) is 66.1 Å². The van der Waals surface area contributed by atoms with Gasteiger partial charge in [0.25, 0.3) is 0 Å². The lowest BCUT2D eigenvalue weighted by atomic mass is 10.2. The third-order valence-electron chi connectivity index (χ3n) is 5.59. The van der Waals surface area contributed by atoms with Crippen molar-refractivity contribution in [1.29, 1.82) is 0 Å². The van der Waals surface area contributed by atoms with Gasteiger partial charge in [0.1, 0.15) is 11.5 Å². The topological polar surface area (TPSA) is 67.4 Å². The number of nitrogens with one attached hydrogen (secondary N) is 2. The summed E-state index contributed by atoms with van der Waals surface area (Å²) in [6, 6.07) is 16.8. The van der Waals surface area contributed by atoms with Crippen molar-refractivity contribution in [2.24, 2.45) is 4.99 Å². The van der Waals surface area contributed by atoms with E-state index in [0.717, 1.165) is 75.3 Å². The number of benzene rings is 2. The second kappa shape index (κ2) is 14.8. The minimum atomic E-state index is 0. The Morgan fingerprint density at radius 3 is 2.45 bits per heavy atom. The SMILES string of the molecule is CN=C(NCCCOCCc1ccccc1)NC1CCN(c2cc(OC)cc(OC)c2)C1.I. The van der Waals surface area contributed by atoms with Gasteiger partial charge in [0.15, 0.2) is 5.96 Å². The highest BCUT2D eigenvalue weighted by Gasteiger charge is 2.24. The zero-order valence-electron chi connectivity index (χ0n) is 19.9. The maximum atomic E-state index is 5.76. The Hall–Kier alpha value is -2.20. The van der Waals surface area contributed by atoms with Gasteiger partial charge < -0.3 is 29.7 Å². The molecule has 182 valence electrons. The van der Waals surface area contributed by atoms with Crippen LogP contribution in [0.25, 0.3) is 0 Å². The number of aliphatic imine (C=N–C) groups is 1. The fraction of sp³-hybridized carbons (Fsp3) is 0.480. The van der Waals surface area contributed by atoms with Crippen molar-refractivity contribution in [1.82, 2.24) is 10.6 Å². The van der Waals surface area contributed by atoms with Crippen LogP contribution in [0.1, 0.15) is 18.4 Å². The van der Waals surface area contributed by atoms with E-state index in [1.807, 2.05) is 19.2 Å². The number of hydrogen-bond donors (Lipinski definition) is 2. The summed E-state index contributed by atoms with van der Waals surface area (Å²) in [6.07, 6.45) is 2.94. The summed E-state index contributed by atoms with van der Waals surface area (Å²) in [5, 5.41) is 6.94. The highest BCUT2D eigenvalue weighted by Crippen LogP contribution is 2.30. The molecular weight excluding hydrogens is 531 g/mol. The second-order valence-electron chi connectivity index (χ2n) is 7.85. The van der Waals surface area contributed by atoms with Crippen LogP contribution in [0.4, 0.5) is 5.69 Å². The summed E-state index contributed by atoms with van der Waals surface area (Å²) in [7, 11) is 5.17. The Morgan fingerprint density at radius 1 is 1.06 bits per heavy atom. The van der Waals surface area contributed by atoms with E-state index in [4.69, 9.17) is 14.2 Å². The minimum Gasteiger partial charge on any atom is -0.497 e. The maximum Gasteiger partial charge on any atom is 0.191 e. The summed E-state index contributed by atoms with van der Waals surface area (Å²) in [6.45, 7) is 4.20. The molecule has 8 heteroatoms. The first-order chi connectivity index (χ1) is 15.7. The molecule has 2 aromatic rings. The summed E-state index contributed by atoms with van der Waals surface area (Å²) < 4.78 is 16.6. The fourth-order valence-electron chi connectivity index (χ4n) is 3.79. The maximum absolute atomic E-state index is 5.76. The van der Waals surface area contributed by atoms with Crippen molar-refractivity contribution in [3.63, 3.8) is 0 Å². The molecule has 1 aliphatic rings. The van der Waals surface area contributed by atoms with Crippen molar-refractivity contribution in [3.8, 4) is 11.5 Å². The lowest BCUT2D eigenvalue weighted by molar-refractivity contribution is 0.135. The molecular formula is C25H37IN4O3. The molecule has 0 bridgehead atoms. The van der Waals surface area contributed by atoms with Gasteiger partial charge in [-0.2, -0.15) is 0 Å². The average molecular weight is 569 g/mol. The molecule has 0 radical (unpaired) electrons. The quantitative estimate of drug-likeness (QED) is 0.187. The van der Waals surface area contributed by atoms with E-state index in [9.17, 15) is 0 Å². The van der Waals surface area contributed by atoms with Gasteiger partial charge in [-0.25, -0.2) is 0 Å². The molecule has 0 aromatic heterocycles. The molecule has 0 spiro atoms. The van der Waals surface area contributed by atoms with Crippen LogP contribution >= 0.6 is 24.0 Å². The highest BCUT2D eigenvalue weighted by molar-refractivity contribution is 14.0. The summed E-state index contributed by atoms with van der Waals surface area (Å²) in [5.74, 6) is 2.45. The van der Waals surface area contributed by atoms with Crippen LogP contribution < -0.4 is 25.0 Å². The van der Waals surface area contributed by atoms with Crippen LogP contribution in [-0.2, 0) is 11.2 Å². The largest absolute Gasteiger partial charge is 0.497 e. The molecule has 0 saturated carbocycles. The van der Waals surface area contributed by atoms with E-state index >= 15 is 0 Å². The van der Waals surface area contributed by atoms with Gasteiger partial charge in [-0.3, -0.25) is 4.99 Å². The molecule has 1 atom stereocenters. The smallest absolute Gasteiger partial charge is 0.191 e. The third kappa shape index (κ3) is 8.92. The monoisotopic (exact) mass is 568 g/mol. The van der Waals surface area contributed by atoms with Crippen LogP contribution in [0.3, 0.4) is 0 Å². The number of methoxy groups -OCH3 is 2. The van der Waals surface area contributed by atoms with E-state index in [1.165, 1.54) is 5.56 Å². The molecule has 33 heavy (non-hydrogen) atoms. The van der Waals surface area contributed by atoms with Crippen molar-refractivity contribution >= 4 is 35.6 Å². The average Bonchev–Trinajstić information content (AvgIpc) is 3.31. The zero-order chi connectivity index (χ0) is 22.6. The van der Waals surface area contributed by atoms with Gasteiger partial charge in [-0.05, 0) is 24.8 Å². The van der Waals surface area contributed by atoms with Gasteiger partial charge in [-0.15, -0.1) is 24.0 Å². The molecule has 1 heterocycles. The van der Waals surface area contributed by atoms with Gasteiger partial charge >= 0.3 is 0 Å². The first-order valence-electron chi connectivity index (χ1n) is 11.3. The fourth-order valence-corrected chi connectivity index (χ4v) is 3.79. The number of ether oxygens (including phenoxy) is 3. The Morgan fingerprint density at radius 2 is 1.79 bits per heavy atom. The van der Waals surface area contributed by atoms with Crippen molar-refractivity contribution in [2.75, 3.05) is 59.0 Å². The Balaban J connectivity index is 0.00000385. The van der Waals surface area contributed by atoms with E-state index in [0.29, 0.717) is 6.04 Å². The molecule has 3 rings (SSSR count). The summed E-state index contributed by atoms with van der Waals surface area (Å²) in [4.78, 5) is 6.72. The van der Waals surface area contributed by atoms with Crippen molar-refractivity contribution < 1.29 is 14.2 Å². The predicted octanol–water partition coefficient (Wildman–Crippen LogP) is 3.71. The molecule has 1 aliphatic heterocycles. The van der Waals surface area contributed by atoms with Gasteiger partial charge in [-0.1, -0.05) is 30.3 Å². The Labute approximate surface area is 214 Å². The van der Waals surface area contributed by atoms with E-state index in [1.54, 1.807) is 14.2 Å². The molecule has 2 N–H and O–H groups in total. The summed E-state index contributed by atoms with van der Waals surface area (Å²) in [5.41, 5.74) is 2.43. The van der Waals surface area contributed by atoms with Crippen molar-refractivity contribution in [3.05, 3.63) is 54.1 Å². The zero-order valence-corrected chi connectivity index (χ0v) is 22.2. The standard InChI is InChI=1S/C25H36N4O3.HI/c1-26-25(27-12-7-14-32-15-11-20-8-5-4-6-9-20)28-21-10-13-29(19-21)22-16-23(30-2)18-24(17-22)31-3;/h4-6,8-9,16-18,21H,7,10-15,19H2,1-3H3,(H2,26,27,28);1H. The number of nitrogens with zero attached hydrogens (tertiary/aromatic N) is 2. The number of halogens is 1. The van der Waals surface area contributed by atoms with Gasteiger partial charge in [0.2, 0.25) is 0 Å². The van der Waals surface area contributed by atoms with Crippen molar-refractivity contribution in [2.45, 2.75) is 25.3 Å². The van der Waals surface area contributed by atoms with Crippen LogP contribution in [0.2, 0.25) is 0 Å². The number of anilines is 1. The van der Waals surface area contributed by atoms with E-state index < -0.39 is 0 Å². The lowest BCUT2D eigenvalue weighted by Crippen LogP contribution is -2.45. The predicted molar refractivity (Wildman–Crippen MR) is 146 cm³/mol. The number of rotatable bonds is 11. The van der Waals surface area contributed by atoms with Crippen LogP contribution in [0.15, 0.2) is 53.5 Å². The molecule has 0 amide bonds. The lowest BCUT2D eigenvalue weighted by Gasteiger charge is -2.21. The molecule has 1 unspecified atom stereocenters. The first-order valence-corrected chi connectivity index (χ1v) is 11.3. The molecule has 1 fully saturated rings. The number of guanidine groups is 1. The molecule has 2 aromatic carbocycles. The number of hydrogen-bond acceptors (Lipinski definition) is 5. The third-order valence-corrected chi connectivity index (χ3v) is 5.59. The normalized spacial score (nSPS) is 15.7. The van der Waals surface area contributed by atoms with E-state index in [2.05, 4.69) is 56.9 Å². The Bertz CT molecular complexity index is 829. The molecule has 1 saturated heterocycles. The van der Waals surface area contributed by atoms with Crippen LogP contribution in [0.5, 0.6) is 11.5 Å². The minimum absolute atomic E-state index is 0. The highest BCUT2D eigenvalue weighted by atomic mass is 127. The van der Waals surface area contributed by atoms with Gasteiger partial charge in [0, 0.05) is 63.2 Å². The molecule has 0 aliphatic carbocycles.